The third-order valence-corrected chi connectivity index (χ3v) is 3.73. The summed E-state index contributed by atoms with van der Waals surface area (Å²) in [6.07, 6.45) is 4.14. The van der Waals surface area contributed by atoms with E-state index in [1.54, 1.807) is 12.3 Å². The minimum absolute atomic E-state index is 0. The third-order valence-electron chi connectivity index (χ3n) is 3.73. The lowest BCUT2D eigenvalue weighted by atomic mass is 10.1. The summed E-state index contributed by atoms with van der Waals surface area (Å²) < 4.78 is 1.45. The quantitative estimate of drug-likeness (QED) is 0.872. The number of hydrogen-bond donors (Lipinski definition) is 2. The highest BCUT2D eigenvalue weighted by Crippen LogP contribution is 2.12. The lowest BCUT2D eigenvalue weighted by Gasteiger charge is -2.32. The molecule has 1 fully saturated rings. The van der Waals surface area contributed by atoms with Crippen LogP contribution in [0.1, 0.15) is 18.5 Å². The number of nitrogens with zero attached hydrogens (tertiary/aromatic N) is 3. The molecule has 2 N–H and O–H groups in total. The van der Waals surface area contributed by atoms with Crippen molar-refractivity contribution in [1.82, 2.24) is 24.8 Å². The molecule has 0 aliphatic carbocycles. The van der Waals surface area contributed by atoms with Gasteiger partial charge in [0.05, 0.1) is 5.69 Å². The van der Waals surface area contributed by atoms with Crippen molar-refractivity contribution in [1.29, 1.82) is 0 Å². The maximum Gasteiger partial charge on any atom is 0.272 e. The highest BCUT2D eigenvalue weighted by atomic mass is 35.5. The molecule has 2 aromatic rings. The van der Waals surface area contributed by atoms with E-state index in [-0.39, 0.29) is 18.0 Å². The van der Waals surface area contributed by atoms with Crippen LogP contribution >= 0.6 is 12.4 Å². The van der Waals surface area contributed by atoms with E-state index >= 15 is 0 Å². The number of hydrogen-bond acceptors (Lipinski definition) is 4. The lowest BCUT2D eigenvalue weighted by Crippen LogP contribution is -2.44. The molecule has 0 saturated carbocycles. The monoisotopic (exact) mass is 297 g/mol. The van der Waals surface area contributed by atoms with Gasteiger partial charge in [0.2, 0.25) is 0 Å². The van der Waals surface area contributed by atoms with Crippen molar-refractivity contribution < 1.29 is 0 Å². The lowest BCUT2D eigenvalue weighted by molar-refractivity contribution is 0.186. The highest BCUT2D eigenvalue weighted by molar-refractivity contribution is 5.85. The normalized spacial score (nSPS) is 19.9. The molecule has 0 radical (unpaired) electrons. The van der Waals surface area contributed by atoms with Crippen molar-refractivity contribution in [2.75, 3.05) is 20.1 Å². The Balaban J connectivity index is 0.00000147. The molecule has 110 valence electrons. The second-order valence-electron chi connectivity index (χ2n) is 5.10. The molecular formula is C13H20ClN5O. The van der Waals surface area contributed by atoms with Crippen molar-refractivity contribution in [3.05, 3.63) is 34.4 Å². The van der Waals surface area contributed by atoms with Crippen molar-refractivity contribution in [2.45, 2.75) is 25.4 Å². The molecule has 1 unspecified atom stereocenters. The second kappa shape index (κ2) is 6.39. The number of fused-ring (bicyclic) bond motifs is 1. The van der Waals surface area contributed by atoms with Gasteiger partial charge >= 0.3 is 0 Å². The van der Waals surface area contributed by atoms with Crippen LogP contribution in [0.2, 0.25) is 0 Å². The Morgan fingerprint density at radius 3 is 3.20 bits per heavy atom. The predicted molar refractivity (Wildman–Crippen MR) is 80.4 cm³/mol. The van der Waals surface area contributed by atoms with Gasteiger partial charge < -0.3 is 5.32 Å². The number of likely N-dealkylation sites (N-methyl/N-ethyl adjacent to an activating group) is 1. The Labute approximate surface area is 123 Å². The summed E-state index contributed by atoms with van der Waals surface area (Å²) in [6.45, 7) is 2.84. The fourth-order valence-corrected chi connectivity index (χ4v) is 2.72. The number of likely N-dealkylation sites (tertiary alicyclic amines) is 1. The molecule has 3 rings (SSSR count). The van der Waals surface area contributed by atoms with E-state index in [1.807, 2.05) is 13.1 Å². The molecule has 1 aliphatic rings. The average molecular weight is 298 g/mol. The Morgan fingerprint density at radius 2 is 2.40 bits per heavy atom. The first kappa shape index (κ1) is 15.0. The third kappa shape index (κ3) is 3.03. The van der Waals surface area contributed by atoms with Crippen LogP contribution in [0.5, 0.6) is 0 Å². The molecular weight excluding hydrogens is 278 g/mol. The van der Waals surface area contributed by atoms with Crippen LogP contribution in [0.3, 0.4) is 0 Å². The topological polar surface area (TPSA) is 65.4 Å². The van der Waals surface area contributed by atoms with Gasteiger partial charge in [-0.3, -0.25) is 14.8 Å². The summed E-state index contributed by atoms with van der Waals surface area (Å²) in [5.74, 6) is 0. The van der Waals surface area contributed by atoms with Gasteiger partial charge in [0, 0.05) is 37.5 Å². The maximum absolute atomic E-state index is 11.9. The zero-order chi connectivity index (χ0) is 13.2. The predicted octanol–water partition coefficient (Wildman–Crippen LogP) is 0.628. The van der Waals surface area contributed by atoms with Gasteiger partial charge in [0.1, 0.15) is 0 Å². The molecule has 6 nitrogen and oxygen atoms in total. The fourth-order valence-electron chi connectivity index (χ4n) is 2.72. The van der Waals surface area contributed by atoms with Crippen molar-refractivity contribution in [3.63, 3.8) is 0 Å². The van der Waals surface area contributed by atoms with Gasteiger partial charge in [-0.1, -0.05) is 0 Å². The molecule has 20 heavy (non-hydrogen) atoms. The van der Waals surface area contributed by atoms with E-state index in [1.165, 1.54) is 17.4 Å². The second-order valence-corrected chi connectivity index (χ2v) is 5.10. The summed E-state index contributed by atoms with van der Waals surface area (Å²) in [7, 11) is 2.00. The van der Waals surface area contributed by atoms with E-state index in [0.29, 0.717) is 11.7 Å². The van der Waals surface area contributed by atoms with Crippen molar-refractivity contribution >= 4 is 18.1 Å². The molecule has 1 saturated heterocycles. The van der Waals surface area contributed by atoms with Crippen molar-refractivity contribution in [3.8, 4) is 0 Å². The van der Waals surface area contributed by atoms with Crippen LogP contribution < -0.4 is 10.9 Å². The number of nitrogens with one attached hydrogen (secondary N) is 2. The summed E-state index contributed by atoms with van der Waals surface area (Å²) in [6, 6.07) is 3.98. The van der Waals surface area contributed by atoms with Gasteiger partial charge in [-0.15, -0.1) is 12.4 Å². The summed E-state index contributed by atoms with van der Waals surface area (Å²) in [4.78, 5) is 18.8. The Kier molecular flexibility index (Phi) is 4.80. The molecule has 3 heterocycles. The average Bonchev–Trinajstić information content (AvgIpc) is 2.88. The fraction of sp³-hybridized carbons (Fsp3) is 0.538. The smallest absolute Gasteiger partial charge is 0.272 e. The highest BCUT2D eigenvalue weighted by Gasteiger charge is 2.19. The number of aromatic amines is 1. The number of H-pyrrole nitrogens is 1. The first-order valence-corrected chi connectivity index (χ1v) is 6.72. The van der Waals surface area contributed by atoms with Crippen LogP contribution in [0.15, 0.2) is 23.1 Å². The molecule has 0 spiro atoms. The van der Waals surface area contributed by atoms with Crippen LogP contribution in [0, 0.1) is 0 Å². The van der Waals surface area contributed by atoms with E-state index in [4.69, 9.17) is 0 Å². The SMILES string of the molecule is CNC1CCCN(Cc2cc(=O)n3[nH]ccc3n2)C1.Cl. The van der Waals surface area contributed by atoms with E-state index < -0.39 is 0 Å². The first-order valence-electron chi connectivity index (χ1n) is 6.72. The maximum atomic E-state index is 11.9. The first-order chi connectivity index (χ1) is 9.26. The summed E-state index contributed by atoms with van der Waals surface area (Å²) in [5, 5.41) is 6.18. The molecule has 0 aromatic carbocycles. The Hall–Kier alpha value is -1.37. The molecule has 1 aliphatic heterocycles. The van der Waals surface area contributed by atoms with Crippen LogP contribution in [0.4, 0.5) is 0 Å². The standard InChI is InChI=1S/C13H19N5O.ClH/c1-14-10-3-2-6-17(8-10)9-11-7-13(19)18-12(16-11)4-5-15-18;/h4-5,7,10,14-15H,2-3,6,8-9H2,1H3;1H. The van der Waals surface area contributed by atoms with Crippen molar-refractivity contribution in [2.24, 2.45) is 0 Å². The van der Waals surface area contributed by atoms with E-state index in [0.717, 1.165) is 25.3 Å². The molecule has 7 heteroatoms. The van der Waals surface area contributed by atoms with Gasteiger partial charge in [-0.25, -0.2) is 9.50 Å². The van der Waals surface area contributed by atoms with Gasteiger partial charge in [-0.2, -0.15) is 0 Å². The van der Waals surface area contributed by atoms with Crippen LogP contribution in [-0.2, 0) is 6.54 Å². The zero-order valence-corrected chi connectivity index (χ0v) is 12.3. The molecule has 0 bridgehead atoms. The number of aromatic nitrogens is 3. The largest absolute Gasteiger partial charge is 0.316 e. The van der Waals surface area contributed by atoms with E-state index in [9.17, 15) is 4.79 Å². The number of halogens is 1. The van der Waals surface area contributed by atoms with Gasteiger partial charge in [-0.05, 0) is 26.4 Å². The van der Waals surface area contributed by atoms with Gasteiger partial charge in [0.15, 0.2) is 5.65 Å². The Bertz CT molecular complexity index is 622. The minimum Gasteiger partial charge on any atom is -0.316 e. The number of piperidine rings is 1. The zero-order valence-electron chi connectivity index (χ0n) is 11.5. The van der Waals surface area contributed by atoms with Crippen LogP contribution in [-0.4, -0.2) is 45.7 Å². The molecule has 1 atom stereocenters. The number of rotatable bonds is 3. The molecule has 0 amide bonds. The Morgan fingerprint density at radius 1 is 1.55 bits per heavy atom. The summed E-state index contributed by atoms with van der Waals surface area (Å²) in [5.41, 5.74) is 1.48. The summed E-state index contributed by atoms with van der Waals surface area (Å²) >= 11 is 0. The van der Waals surface area contributed by atoms with E-state index in [2.05, 4.69) is 20.3 Å². The molecule has 2 aromatic heterocycles. The minimum atomic E-state index is -0.0489. The van der Waals surface area contributed by atoms with Crippen LogP contribution in [0.25, 0.3) is 5.65 Å². The van der Waals surface area contributed by atoms with Gasteiger partial charge in [0.25, 0.3) is 5.56 Å².